The molecule has 0 saturated carbocycles. The average molecular weight is 353 g/mol. The molecular formula is C14H18Cl2O6. The van der Waals surface area contributed by atoms with Crippen molar-refractivity contribution >= 4 is 41.1 Å². The molecule has 1 atom stereocenters. The van der Waals surface area contributed by atoms with E-state index in [1.165, 1.54) is 13.0 Å². The Morgan fingerprint density at radius 2 is 1.36 bits per heavy atom. The predicted octanol–water partition coefficient (Wildman–Crippen LogP) is 3.49. The van der Waals surface area contributed by atoms with Gasteiger partial charge in [-0.1, -0.05) is 55.9 Å². The van der Waals surface area contributed by atoms with Gasteiger partial charge < -0.3 is 15.3 Å². The Bertz CT molecular complexity index is 476. The zero-order valence-electron chi connectivity index (χ0n) is 12.2. The van der Waals surface area contributed by atoms with Gasteiger partial charge in [0.05, 0.1) is 4.49 Å². The van der Waals surface area contributed by atoms with E-state index >= 15 is 0 Å². The number of carboxylic acids is 3. The summed E-state index contributed by atoms with van der Waals surface area (Å²) < 4.78 is 0.111. The fraction of sp³-hybridized carbons (Fsp3) is 0.214. The van der Waals surface area contributed by atoms with Gasteiger partial charge in [0, 0.05) is 23.1 Å². The number of rotatable bonds is 5. The van der Waals surface area contributed by atoms with Gasteiger partial charge in [0.25, 0.3) is 0 Å². The third-order valence-electron chi connectivity index (χ3n) is 1.84. The van der Waals surface area contributed by atoms with Crippen LogP contribution in [0.2, 0.25) is 0 Å². The fourth-order valence-electron chi connectivity index (χ4n) is 0.742. The SMILES string of the molecule is C=C(C(=O)O)C(C)C=C(C)C(=O)O.C=C(Cl)Cl.C=CC(=O)O. The molecule has 0 fully saturated rings. The van der Waals surface area contributed by atoms with E-state index in [0.717, 1.165) is 6.08 Å². The second-order valence-corrected chi connectivity index (χ2v) is 4.76. The molecule has 3 N–H and O–H groups in total. The van der Waals surface area contributed by atoms with Crippen LogP contribution in [0.1, 0.15) is 13.8 Å². The predicted molar refractivity (Wildman–Crippen MR) is 86.0 cm³/mol. The van der Waals surface area contributed by atoms with Crippen LogP contribution in [0.15, 0.2) is 47.5 Å². The number of carboxylic acid groups (broad SMARTS) is 3. The van der Waals surface area contributed by atoms with E-state index in [0.29, 0.717) is 0 Å². The van der Waals surface area contributed by atoms with Gasteiger partial charge in [0.1, 0.15) is 0 Å². The number of carbonyl (C=O) groups is 3. The summed E-state index contributed by atoms with van der Waals surface area (Å²) >= 11 is 9.69. The van der Waals surface area contributed by atoms with Crippen LogP contribution in [-0.4, -0.2) is 33.2 Å². The summed E-state index contributed by atoms with van der Waals surface area (Å²) in [5.41, 5.74) is 0.107. The molecule has 0 aromatic heterocycles. The van der Waals surface area contributed by atoms with Gasteiger partial charge in [0.15, 0.2) is 0 Å². The minimum atomic E-state index is -1.11. The van der Waals surface area contributed by atoms with Crippen LogP contribution >= 0.6 is 23.2 Å². The van der Waals surface area contributed by atoms with E-state index in [2.05, 4.69) is 19.7 Å². The molecule has 0 amide bonds. The summed E-state index contributed by atoms with van der Waals surface area (Å²) in [5, 5.41) is 24.6. The molecule has 0 spiro atoms. The summed E-state index contributed by atoms with van der Waals surface area (Å²) in [6, 6.07) is 0. The Hall–Kier alpha value is -2.05. The van der Waals surface area contributed by atoms with Crippen LogP contribution in [0.25, 0.3) is 0 Å². The van der Waals surface area contributed by atoms with Crippen molar-refractivity contribution in [2.45, 2.75) is 13.8 Å². The van der Waals surface area contributed by atoms with Crippen molar-refractivity contribution in [3.05, 3.63) is 47.5 Å². The van der Waals surface area contributed by atoms with Crippen molar-refractivity contribution in [2.24, 2.45) is 5.92 Å². The Morgan fingerprint density at radius 1 is 1.05 bits per heavy atom. The summed E-state index contributed by atoms with van der Waals surface area (Å²) in [5.74, 6) is -3.61. The zero-order valence-corrected chi connectivity index (χ0v) is 13.7. The molecule has 0 aliphatic carbocycles. The molecule has 0 aliphatic heterocycles. The molecule has 0 saturated heterocycles. The normalized spacial score (nSPS) is 10.6. The van der Waals surface area contributed by atoms with Crippen LogP contribution in [-0.2, 0) is 14.4 Å². The van der Waals surface area contributed by atoms with Crippen molar-refractivity contribution in [1.29, 1.82) is 0 Å². The first-order valence-corrected chi connectivity index (χ1v) is 6.31. The second kappa shape index (κ2) is 13.9. The lowest BCUT2D eigenvalue weighted by molar-refractivity contribution is -0.134. The number of hydrogen-bond donors (Lipinski definition) is 3. The lowest BCUT2D eigenvalue weighted by Crippen LogP contribution is -2.08. The van der Waals surface area contributed by atoms with Gasteiger partial charge in [-0.15, -0.1) is 0 Å². The van der Waals surface area contributed by atoms with Crippen molar-refractivity contribution < 1.29 is 29.7 Å². The maximum Gasteiger partial charge on any atom is 0.331 e. The van der Waals surface area contributed by atoms with Gasteiger partial charge in [-0.3, -0.25) is 0 Å². The van der Waals surface area contributed by atoms with E-state index in [1.807, 2.05) is 0 Å². The first-order valence-electron chi connectivity index (χ1n) is 5.55. The Balaban J connectivity index is -0.000000330. The van der Waals surface area contributed by atoms with Crippen LogP contribution in [0.5, 0.6) is 0 Å². The van der Waals surface area contributed by atoms with Crippen molar-refractivity contribution in [3.8, 4) is 0 Å². The van der Waals surface area contributed by atoms with Crippen LogP contribution in [0.4, 0.5) is 0 Å². The zero-order chi connectivity index (χ0) is 18.5. The van der Waals surface area contributed by atoms with Crippen molar-refractivity contribution in [2.75, 3.05) is 0 Å². The molecule has 0 heterocycles. The number of hydrogen-bond acceptors (Lipinski definition) is 3. The van der Waals surface area contributed by atoms with E-state index in [-0.39, 0.29) is 15.6 Å². The third-order valence-corrected chi connectivity index (χ3v) is 1.84. The van der Waals surface area contributed by atoms with Gasteiger partial charge in [0.2, 0.25) is 0 Å². The smallest absolute Gasteiger partial charge is 0.331 e. The molecule has 124 valence electrons. The lowest BCUT2D eigenvalue weighted by atomic mass is 10.0. The highest BCUT2D eigenvalue weighted by Gasteiger charge is 2.12. The molecule has 22 heavy (non-hydrogen) atoms. The van der Waals surface area contributed by atoms with E-state index in [9.17, 15) is 14.4 Å². The van der Waals surface area contributed by atoms with Crippen molar-refractivity contribution in [3.63, 3.8) is 0 Å². The topological polar surface area (TPSA) is 112 Å². The summed E-state index contributed by atoms with van der Waals surface area (Å²) in [7, 11) is 0. The Labute approximate surface area is 138 Å². The molecule has 0 radical (unpaired) electrons. The Kier molecular flexibility index (Phi) is 15.8. The molecule has 1 unspecified atom stereocenters. The fourth-order valence-corrected chi connectivity index (χ4v) is 0.742. The lowest BCUT2D eigenvalue weighted by Gasteiger charge is -2.05. The molecule has 0 rings (SSSR count). The minimum Gasteiger partial charge on any atom is -0.478 e. The average Bonchev–Trinajstić information content (AvgIpc) is 2.37. The van der Waals surface area contributed by atoms with E-state index in [4.69, 9.17) is 38.5 Å². The highest BCUT2D eigenvalue weighted by Crippen LogP contribution is 2.12. The number of allylic oxidation sites excluding steroid dienone is 1. The summed E-state index contributed by atoms with van der Waals surface area (Å²) in [6.45, 7) is 12.4. The van der Waals surface area contributed by atoms with E-state index in [1.54, 1.807) is 6.92 Å². The molecule has 0 aromatic rings. The molecule has 0 bridgehead atoms. The molecule has 8 heteroatoms. The maximum atomic E-state index is 10.4. The number of halogens is 2. The largest absolute Gasteiger partial charge is 0.478 e. The summed E-state index contributed by atoms with van der Waals surface area (Å²) in [4.78, 5) is 30.0. The molecule has 0 aromatic carbocycles. The van der Waals surface area contributed by atoms with Gasteiger partial charge >= 0.3 is 17.9 Å². The first-order chi connectivity index (χ1) is 9.86. The summed E-state index contributed by atoms with van der Waals surface area (Å²) in [6.07, 6.45) is 2.19. The maximum absolute atomic E-state index is 10.4. The molecular weight excluding hydrogens is 335 g/mol. The monoisotopic (exact) mass is 352 g/mol. The standard InChI is InChI=1S/C9H12O4.C3H4O2.C2H2Cl2/c1-5(7(3)9(12)13)4-6(2)8(10)11;1-2-3(4)5;1-2(3)4/h4-5H,3H2,1-2H3,(H,10,11)(H,12,13);2H,1H2,(H,4,5);1H2. The number of aliphatic carboxylic acids is 3. The quantitative estimate of drug-likeness (QED) is 0.653. The first kappa shape index (κ1) is 24.9. The van der Waals surface area contributed by atoms with Gasteiger partial charge in [-0.05, 0) is 6.92 Å². The molecule has 6 nitrogen and oxygen atoms in total. The van der Waals surface area contributed by atoms with Crippen LogP contribution in [0, 0.1) is 5.92 Å². The van der Waals surface area contributed by atoms with Crippen molar-refractivity contribution in [1.82, 2.24) is 0 Å². The van der Waals surface area contributed by atoms with Gasteiger partial charge in [-0.2, -0.15) is 0 Å². The minimum absolute atomic E-state index is 0.0133. The Morgan fingerprint density at radius 3 is 1.55 bits per heavy atom. The molecule has 0 aliphatic rings. The highest BCUT2D eigenvalue weighted by atomic mass is 35.5. The third kappa shape index (κ3) is 20.3. The van der Waals surface area contributed by atoms with Gasteiger partial charge in [-0.25, -0.2) is 14.4 Å². The second-order valence-electron chi connectivity index (χ2n) is 3.65. The van der Waals surface area contributed by atoms with Crippen LogP contribution in [0.3, 0.4) is 0 Å². The highest BCUT2D eigenvalue weighted by molar-refractivity contribution is 6.55. The van der Waals surface area contributed by atoms with Crippen LogP contribution < -0.4 is 0 Å². The van der Waals surface area contributed by atoms with E-state index < -0.39 is 23.8 Å².